The Hall–Kier alpha value is -1.62. The maximum Gasteiger partial charge on any atom is 0.203 e. The summed E-state index contributed by atoms with van der Waals surface area (Å²) in [5.74, 6) is 1.90. The van der Waals surface area contributed by atoms with Crippen LogP contribution in [0.25, 0.3) is 0 Å². The molecule has 1 aromatic rings. The van der Waals surface area contributed by atoms with Gasteiger partial charge in [0.1, 0.15) is 0 Å². The number of benzene rings is 1. The Morgan fingerprint density at radius 1 is 1.11 bits per heavy atom. The first-order valence-electron chi connectivity index (χ1n) is 6.37. The van der Waals surface area contributed by atoms with Crippen LogP contribution in [0.5, 0.6) is 17.2 Å². The van der Waals surface area contributed by atoms with Gasteiger partial charge in [0, 0.05) is 24.4 Å². The largest absolute Gasteiger partial charge is 0.493 e. The molecule has 1 heterocycles. The lowest BCUT2D eigenvalue weighted by Gasteiger charge is -2.20. The molecule has 0 radical (unpaired) electrons. The third kappa shape index (κ3) is 2.87. The summed E-state index contributed by atoms with van der Waals surface area (Å²) in [6.07, 6.45) is 1.21. The second-order valence-electron chi connectivity index (χ2n) is 4.53. The molecule has 106 valence electrons. The average molecular weight is 267 g/mol. The van der Waals surface area contributed by atoms with Gasteiger partial charge in [-0.25, -0.2) is 0 Å². The van der Waals surface area contributed by atoms with E-state index in [1.807, 2.05) is 12.1 Å². The van der Waals surface area contributed by atoms with Gasteiger partial charge in [-0.2, -0.15) is 0 Å². The molecule has 2 rings (SSSR count). The first kappa shape index (κ1) is 13.8. The molecule has 0 bridgehead atoms. The zero-order chi connectivity index (χ0) is 13.8. The lowest BCUT2D eigenvalue weighted by atomic mass is 10.1. The molecule has 5 nitrogen and oxygen atoms in total. The number of anilines is 1. The smallest absolute Gasteiger partial charge is 0.203 e. The minimum absolute atomic E-state index is 0.207. The van der Waals surface area contributed by atoms with Crippen LogP contribution in [-0.4, -0.2) is 40.1 Å². The minimum Gasteiger partial charge on any atom is -0.493 e. The van der Waals surface area contributed by atoms with Gasteiger partial charge in [-0.15, -0.1) is 0 Å². The molecule has 2 atom stereocenters. The van der Waals surface area contributed by atoms with E-state index < -0.39 is 0 Å². The highest BCUT2D eigenvalue weighted by Gasteiger charge is 2.24. The molecule has 5 heteroatoms. The van der Waals surface area contributed by atoms with Crippen LogP contribution < -0.4 is 19.5 Å². The second-order valence-corrected chi connectivity index (χ2v) is 4.53. The number of rotatable bonds is 5. The molecule has 2 unspecified atom stereocenters. The van der Waals surface area contributed by atoms with Crippen molar-refractivity contribution in [2.24, 2.45) is 0 Å². The Bertz CT molecular complexity index is 410. The fourth-order valence-corrected chi connectivity index (χ4v) is 2.30. The highest BCUT2D eigenvalue weighted by atomic mass is 16.5. The molecule has 1 aliphatic rings. The predicted molar refractivity (Wildman–Crippen MR) is 73.5 cm³/mol. The van der Waals surface area contributed by atoms with E-state index in [4.69, 9.17) is 18.9 Å². The van der Waals surface area contributed by atoms with Gasteiger partial charge >= 0.3 is 0 Å². The summed E-state index contributed by atoms with van der Waals surface area (Å²) in [6.45, 7) is 2.87. The summed E-state index contributed by atoms with van der Waals surface area (Å²) in [5.41, 5.74) is 0.942. The monoisotopic (exact) mass is 267 g/mol. The van der Waals surface area contributed by atoms with Crippen molar-refractivity contribution < 1.29 is 18.9 Å². The number of hydrogen-bond donors (Lipinski definition) is 1. The molecule has 1 N–H and O–H groups in total. The second kappa shape index (κ2) is 6.02. The van der Waals surface area contributed by atoms with Crippen molar-refractivity contribution in [3.63, 3.8) is 0 Å². The fourth-order valence-electron chi connectivity index (χ4n) is 2.30. The Morgan fingerprint density at radius 2 is 1.74 bits per heavy atom. The van der Waals surface area contributed by atoms with Gasteiger partial charge in [0.05, 0.1) is 33.5 Å². The number of hydrogen-bond acceptors (Lipinski definition) is 5. The van der Waals surface area contributed by atoms with Gasteiger partial charge < -0.3 is 24.3 Å². The molecule has 1 saturated heterocycles. The molecule has 1 fully saturated rings. The van der Waals surface area contributed by atoms with Crippen LogP contribution in [0, 0.1) is 0 Å². The molecule has 0 spiro atoms. The first-order valence-corrected chi connectivity index (χ1v) is 6.37. The number of nitrogens with one attached hydrogen (secondary N) is 1. The van der Waals surface area contributed by atoms with Crippen LogP contribution in [0.2, 0.25) is 0 Å². The summed E-state index contributed by atoms with van der Waals surface area (Å²) in [4.78, 5) is 0. The van der Waals surface area contributed by atoms with Crippen LogP contribution in [0.15, 0.2) is 12.1 Å². The maximum absolute atomic E-state index is 5.55. The Labute approximate surface area is 113 Å². The summed E-state index contributed by atoms with van der Waals surface area (Å²) < 4.78 is 21.5. The van der Waals surface area contributed by atoms with Crippen molar-refractivity contribution in [2.45, 2.75) is 25.5 Å². The zero-order valence-electron chi connectivity index (χ0n) is 11.9. The van der Waals surface area contributed by atoms with Gasteiger partial charge in [0.15, 0.2) is 11.5 Å². The van der Waals surface area contributed by atoms with Gasteiger partial charge in [-0.05, 0) is 13.3 Å². The molecular weight excluding hydrogens is 246 g/mol. The Balaban J connectivity index is 2.25. The molecule has 0 amide bonds. The van der Waals surface area contributed by atoms with Crippen LogP contribution in [0.3, 0.4) is 0 Å². The van der Waals surface area contributed by atoms with Gasteiger partial charge in [0.2, 0.25) is 5.75 Å². The van der Waals surface area contributed by atoms with Crippen molar-refractivity contribution in [2.75, 3.05) is 33.3 Å². The van der Waals surface area contributed by atoms with Crippen molar-refractivity contribution in [1.29, 1.82) is 0 Å². The molecular formula is C14H21NO4. The van der Waals surface area contributed by atoms with E-state index >= 15 is 0 Å². The predicted octanol–water partition coefficient (Wildman–Crippen LogP) is 2.30. The molecule has 0 aromatic heterocycles. The van der Waals surface area contributed by atoms with Crippen LogP contribution in [0.4, 0.5) is 5.69 Å². The van der Waals surface area contributed by atoms with E-state index in [1.165, 1.54) is 0 Å². The zero-order valence-corrected chi connectivity index (χ0v) is 11.9. The molecule has 0 aliphatic carbocycles. The highest BCUT2D eigenvalue weighted by molar-refractivity contribution is 5.62. The highest BCUT2D eigenvalue weighted by Crippen LogP contribution is 2.40. The fraction of sp³-hybridized carbons (Fsp3) is 0.571. The van der Waals surface area contributed by atoms with E-state index in [2.05, 4.69) is 12.2 Å². The lowest BCUT2D eigenvalue weighted by Crippen LogP contribution is -2.26. The number of ether oxygens (including phenoxy) is 4. The van der Waals surface area contributed by atoms with Crippen molar-refractivity contribution in [3.8, 4) is 17.2 Å². The Kier molecular flexibility index (Phi) is 4.37. The average Bonchev–Trinajstić information content (AvgIpc) is 2.83. The SMILES string of the molecule is COc1cc(NC2CCOC2C)cc(OC)c1OC. The van der Waals surface area contributed by atoms with Crippen molar-refractivity contribution in [3.05, 3.63) is 12.1 Å². The van der Waals surface area contributed by atoms with E-state index in [0.717, 1.165) is 18.7 Å². The summed E-state index contributed by atoms with van der Waals surface area (Å²) >= 11 is 0. The summed E-state index contributed by atoms with van der Waals surface area (Å²) in [7, 11) is 4.82. The van der Waals surface area contributed by atoms with Gasteiger partial charge in [-0.3, -0.25) is 0 Å². The van der Waals surface area contributed by atoms with E-state index in [0.29, 0.717) is 23.3 Å². The summed E-state index contributed by atoms with van der Waals surface area (Å²) in [5, 5.41) is 3.45. The topological polar surface area (TPSA) is 49.0 Å². The van der Waals surface area contributed by atoms with Gasteiger partial charge in [-0.1, -0.05) is 0 Å². The van der Waals surface area contributed by atoms with E-state index in [1.54, 1.807) is 21.3 Å². The molecule has 0 saturated carbocycles. The molecule has 19 heavy (non-hydrogen) atoms. The molecule has 1 aliphatic heterocycles. The summed E-state index contributed by atoms with van der Waals surface area (Å²) in [6, 6.07) is 4.13. The van der Waals surface area contributed by atoms with Crippen LogP contribution in [-0.2, 0) is 4.74 Å². The van der Waals surface area contributed by atoms with E-state index in [-0.39, 0.29) is 6.10 Å². The third-order valence-electron chi connectivity index (χ3n) is 3.39. The van der Waals surface area contributed by atoms with Crippen LogP contribution in [0.1, 0.15) is 13.3 Å². The first-order chi connectivity index (χ1) is 9.19. The quantitative estimate of drug-likeness (QED) is 0.887. The minimum atomic E-state index is 0.207. The third-order valence-corrected chi connectivity index (χ3v) is 3.39. The number of methoxy groups -OCH3 is 3. The normalized spacial score (nSPS) is 22.1. The van der Waals surface area contributed by atoms with Crippen molar-refractivity contribution in [1.82, 2.24) is 0 Å². The molecule has 1 aromatic carbocycles. The van der Waals surface area contributed by atoms with E-state index in [9.17, 15) is 0 Å². The lowest BCUT2D eigenvalue weighted by molar-refractivity contribution is 0.121. The van der Waals surface area contributed by atoms with Crippen molar-refractivity contribution >= 4 is 5.69 Å². The maximum atomic E-state index is 5.55. The van der Waals surface area contributed by atoms with Crippen LogP contribution >= 0.6 is 0 Å². The Morgan fingerprint density at radius 3 is 2.16 bits per heavy atom. The van der Waals surface area contributed by atoms with Gasteiger partial charge in [0.25, 0.3) is 0 Å². The standard InChI is InChI=1S/C14H21NO4/c1-9-11(5-6-19-9)15-10-7-12(16-2)14(18-4)13(8-10)17-3/h7-9,11,15H,5-6H2,1-4H3.